The Kier molecular flexibility index (Phi) is 1.65. The van der Waals surface area contributed by atoms with Crippen molar-refractivity contribution in [3.05, 3.63) is 36.0 Å². The molecule has 1 aromatic heterocycles. The minimum absolute atomic E-state index is 1.11. The number of benzene rings is 1. The summed E-state index contributed by atoms with van der Waals surface area (Å²) in [5.74, 6) is 0. The third kappa shape index (κ3) is 0.934. The van der Waals surface area contributed by atoms with E-state index in [0.29, 0.717) is 0 Å². The van der Waals surface area contributed by atoms with Gasteiger partial charge in [-0.05, 0) is 18.1 Å². The van der Waals surface area contributed by atoms with Crippen molar-refractivity contribution < 1.29 is 0 Å². The number of aromatic nitrogens is 1. The average Bonchev–Trinajstić information content (AvgIpc) is 2.44. The predicted octanol–water partition coefficient (Wildman–Crippen LogP) is 2.74. The third-order valence-corrected chi connectivity index (χ3v) is 2.36. The second-order valence-corrected chi connectivity index (χ2v) is 3.14. The van der Waals surface area contributed by atoms with E-state index in [1.54, 1.807) is 0 Å². The first-order valence-corrected chi connectivity index (χ1v) is 4.36. The van der Waals surface area contributed by atoms with Gasteiger partial charge >= 0.3 is 0 Å². The molecule has 0 aliphatic rings. The topological polar surface area (TPSA) is 4.93 Å². The van der Waals surface area contributed by atoms with Crippen LogP contribution in [0.2, 0.25) is 0 Å². The zero-order valence-electron chi connectivity index (χ0n) is 7.54. The fourth-order valence-corrected chi connectivity index (χ4v) is 1.71. The van der Waals surface area contributed by atoms with Crippen LogP contribution in [0.5, 0.6) is 0 Å². The van der Waals surface area contributed by atoms with Gasteiger partial charge in [0.25, 0.3) is 0 Å². The van der Waals surface area contributed by atoms with Gasteiger partial charge in [-0.25, -0.2) is 0 Å². The van der Waals surface area contributed by atoms with Gasteiger partial charge in [-0.2, -0.15) is 0 Å². The first kappa shape index (κ1) is 7.41. The molecule has 0 aliphatic heterocycles. The molecule has 1 heteroatoms. The molecule has 0 fully saturated rings. The molecule has 1 nitrogen and oxygen atoms in total. The first-order valence-electron chi connectivity index (χ1n) is 4.36. The molecule has 62 valence electrons. The van der Waals surface area contributed by atoms with E-state index in [-0.39, 0.29) is 0 Å². The summed E-state index contributed by atoms with van der Waals surface area (Å²) in [6.07, 6.45) is 3.33. The maximum absolute atomic E-state index is 2.21. The summed E-state index contributed by atoms with van der Waals surface area (Å²) >= 11 is 0. The Hall–Kier alpha value is -1.24. The second kappa shape index (κ2) is 2.67. The van der Waals surface area contributed by atoms with Crippen molar-refractivity contribution >= 4 is 10.9 Å². The van der Waals surface area contributed by atoms with Crippen molar-refractivity contribution in [3.63, 3.8) is 0 Å². The zero-order chi connectivity index (χ0) is 8.55. The summed E-state index contributed by atoms with van der Waals surface area (Å²) in [4.78, 5) is 0. The summed E-state index contributed by atoms with van der Waals surface area (Å²) in [6, 6.07) is 8.53. The molecule has 1 aromatic carbocycles. The molecule has 0 aliphatic carbocycles. The Labute approximate surface area is 72.6 Å². The molecular weight excluding hydrogens is 146 g/mol. The molecule has 2 aromatic rings. The van der Waals surface area contributed by atoms with Crippen molar-refractivity contribution in [1.29, 1.82) is 0 Å². The molecular formula is C11H13N. The molecule has 0 saturated carbocycles. The highest BCUT2D eigenvalue weighted by atomic mass is 14.9. The standard InChI is InChI=1S/C11H13N/c1-3-9-8-12(2)11-7-5-4-6-10(9)11/h4-8H,3H2,1-2H3. The summed E-state index contributed by atoms with van der Waals surface area (Å²) < 4.78 is 2.19. The van der Waals surface area contributed by atoms with E-state index in [4.69, 9.17) is 0 Å². The largest absolute Gasteiger partial charge is 0.350 e. The van der Waals surface area contributed by atoms with Crippen molar-refractivity contribution in [2.75, 3.05) is 0 Å². The van der Waals surface area contributed by atoms with Gasteiger partial charge in [0.15, 0.2) is 0 Å². The Morgan fingerprint density at radius 2 is 2.00 bits per heavy atom. The molecule has 0 unspecified atom stereocenters. The van der Waals surface area contributed by atoms with E-state index in [9.17, 15) is 0 Å². The van der Waals surface area contributed by atoms with E-state index < -0.39 is 0 Å². The van der Waals surface area contributed by atoms with Crippen LogP contribution in [0.4, 0.5) is 0 Å². The monoisotopic (exact) mass is 159 g/mol. The Balaban J connectivity index is 2.82. The van der Waals surface area contributed by atoms with Gasteiger partial charge < -0.3 is 4.57 Å². The van der Waals surface area contributed by atoms with Gasteiger partial charge in [0, 0.05) is 24.1 Å². The van der Waals surface area contributed by atoms with Crippen molar-refractivity contribution in [2.45, 2.75) is 13.3 Å². The van der Waals surface area contributed by atoms with Gasteiger partial charge in [0.05, 0.1) is 0 Å². The first-order chi connectivity index (χ1) is 5.83. The summed E-state index contributed by atoms with van der Waals surface area (Å²) in [6.45, 7) is 2.20. The van der Waals surface area contributed by atoms with Crippen LogP contribution in [-0.2, 0) is 13.5 Å². The van der Waals surface area contributed by atoms with Crippen LogP contribution in [0.15, 0.2) is 30.5 Å². The molecule has 12 heavy (non-hydrogen) atoms. The van der Waals surface area contributed by atoms with E-state index in [2.05, 4.69) is 49.0 Å². The van der Waals surface area contributed by atoms with Crippen LogP contribution < -0.4 is 0 Å². The normalized spacial score (nSPS) is 10.8. The maximum atomic E-state index is 2.21. The minimum atomic E-state index is 1.11. The Morgan fingerprint density at radius 3 is 2.75 bits per heavy atom. The smallest absolute Gasteiger partial charge is 0.0480 e. The number of aryl methyl sites for hydroxylation is 2. The fraction of sp³-hybridized carbons (Fsp3) is 0.273. The number of rotatable bonds is 1. The van der Waals surface area contributed by atoms with E-state index >= 15 is 0 Å². The lowest BCUT2D eigenvalue weighted by Crippen LogP contribution is -1.81. The predicted molar refractivity (Wildman–Crippen MR) is 52.3 cm³/mol. The van der Waals surface area contributed by atoms with Crippen molar-refractivity contribution in [3.8, 4) is 0 Å². The minimum Gasteiger partial charge on any atom is -0.350 e. The summed E-state index contributed by atoms with van der Waals surface area (Å²) in [7, 11) is 2.10. The number of para-hydroxylation sites is 1. The average molecular weight is 159 g/mol. The fourth-order valence-electron chi connectivity index (χ4n) is 1.71. The van der Waals surface area contributed by atoms with Crippen LogP contribution in [0.1, 0.15) is 12.5 Å². The molecule has 0 amide bonds. The van der Waals surface area contributed by atoms with E-state index in [1.165, 1.54) is 16.5 Å². The maximum Gasteiger partial charge on any atom is 0.0480 e. The van der Waals surface area contributed by atoms with Gasteiger partial charge in [0.1, 0.15) is 0 Å². The second-order valence-electron chi connectivity index (χ2n) is 3.14. The third-order valence-electron chi connectivity index (χ3n) is 2.36. The number of hydrogen-bond donors (Lipinski definition) is 0. The van der Waals surface area contributed by atoms with Gasteiger partial charge in [0.2, 0.25) is 0 Å². The lowest BCUT2D eigenvalue weighted by atomic mass is 10.1. The Bertz CT molecular complexity index is 398. The van der Waals surface area contributed by atoms with Crippen LogP contribution >= 0.6 is 0 Å². The van der Waals surface area contributed by atoms with Gasteiger partial charge in [-0.3, -0.25) is 0 Å². The van der Waals surface area contributed by atoms with Crippen LogP contribution in [0.25, 0.3) is 10.9 Å². The van der Waals surface area contributed by atoms with Gasteiger partial charge in [-0.1, -0.05) is 25.1 Å². The molecule has 2 rings (SSSR count). The number of hydrogen-bond acceptors (Lipinski definition) is 0. The summed E-state index contributed by atoms with van der Waals surface area (Å²) in [5.41, 5.74) is 2.77. The highest BCUT2D eigenvalue weighted by Gasteiger charge is 2.01. The van der Waals surface area contributed by atoms with Gasteiger partial charge in [-0.15, -0.1) is 0 Å². The van der Waals surface area contributed by atoms with E-state index in [1.807, 2.05) is 0 Å². The summed E-state index contributed by atoms with van der Waals surface area (Å²) in [5, 5.41) is 1.39. The molecule has 0 N–H and O–H groups in total. The van der Waals surface area contributed by atoms with Crippen molar-refractivity contribution in [2.24, 2.45) is 7.05 Å². The number of fused-ring (bicyclic) bond motifs is 1. The highest BCUT2D eigenvalue weighted by molar-refractivity contribution is 5.83. The lowest BCUT2D eigenvalue weighted by molar-refractivity contribution is 0.954. The highest BCUT2D eigenvalue weighted by Crippen LogP contribution is 2.19. The molecule has 0 atom stereocenters. The van der Waals surface area contributed by atoms with Crippen LogP contribution in [0, 0.1) is 0 Å². The molecule has 0 saturated heterocycles. The van der Waals surface area contributed by atoms with E-state index in [0.717, 1.165) is 6.42 Å². The zero-order valence-corrected chi connectivity index (χ0v) is 7.54. The van der Waals surface area contributed by atoms with Crippen LogP contribution in [-0.4, -0.2) is 4.57 Å². The molecule has 1 heterocycles. The molecule has 0 radical (unpaired) electrons. The molecule has 0 spiro atoms. The SMILES string of the molecule is CCc1cn(C)c2ccccc12. The van der Waals surface area contributed by atoms with Crippen molar-refractivity contribution in [1.82, 2.24) is 4.57 Å². The number of nitrogens with zero attached hydrogens (tertiary/aromatic N) is 1. The van der Waals surface area contributed by atoms with Crippen LogP contribution in [0.3, 0.4) is 0 Å². The molecule has 0 bridgehead atoms. The lowest BCUT2D eigenvalue weighted by Gasteiger charge is -1.93. The quantitative estimate of drug-likeness (QED) is 0.603. The Morgan fingerprint density at radius 1 is 1.25 bits per heavy atom.